The number of likely N-dealkylation sites (tertiary alicyclic amines) is 1. The Bertz CT molecular complexity index is 1440. The van der Waals surface area contributed by atoms with E-state index in [2.05, 4.69) is 47.6 Å². The van der Waals surface area contributed by atoms with Crippen molar-refractivity contribution in [3.63, 3.8) is 0 Å². The van der Waals surface area contributed by atoms with Crippen molar-refractivity contribution >= 4 is 29.0 Å². The van der Waals surface area contributed by atoms with Crippen LogP contribution in [0.1, 0.15) is 70.5 Å². The molecule has 0 spiro atoms. The second kappa shape index (κ2) is 13.6. The molecule has 5 rings (SSSR count). The van der Waals surface area contributed by atoms with Crippen LogP contribution in [-0.4, -0.2) is 59.1 Å². The highest BCUT2D eigenvalue weighted by molar-refractivity contribution is 5.91. The summed E-state index contributed by atoms with van der Waals surface area (Å²) < 4.78 is 38.1. The molecule has 236 valence electrons. The number of ether oxygens (including phenoxy) is 1. The molecule has 3 N–H and O–H groups in total. The fraction of sp³-hybridized carbons (Fsp3) is 0.531. The number of benzene rings is 1. The van der Waals surface area contributed by atoms with Crippen LogP contribution in [0.3, 0.4) is 0 Å². The number of terminal acetylenes is 1. The third-order valence-electron chi connectivity index (χ3n) is 8.76. The van der Waals surface area contributed by atoms with E-state index >= 15 is 0 Å². The van der Waals surface area contributed by atoms with Crippen LogP contribution < -0.4 is 11.1 Å². The number of amides is 3. The summed E-state index contributed by atoms with van der Waals surface area (Å²) in [5.41, 5.74) is 5.63. The number of nitrogens with two attached hydrogens (primary N) is 1. The van der Waals surface area contributed by atoms with E-state index in [0.717, 1.165) is 48.5 Å². The number of rotatable bonds is 7. The van der Waals surface area contributed by atoms with Crippen molar-refractivity contribution in [2.24, 2.45) is 23.0 Å². The van der Waals surface area contributed by atoms with Crippen LogP contribution >= 0.6 is 0 Å². The monoisotopic (exact) mass is 613 g/mol. The molecule has 3 fully saturated rings. The van der Waals surface area contributed by atoms with Gasteiger partial charge in [-0.2, -0.15) is 18.4 Å². The third kappa shape index (κ3) is 8.06. The van der Waals surface area contributed by atoms with Gasteiger partial charge < -0.3 is 20.7 Å². The number of halogens is 3. The van der Waals surface area contributed by atoms with Gasteiger partial charge in [0.1, 0.15) is 6.04 Å². The molecule has 1 aromatic carbocycles. The second-order valence-corrected chi connectivity index (χ2v) is 12.3. The van der Waals surface area contributed by atoms with Gasteiger partial charge in [-0.3, -0.25) is 19.4 Å². The van der Waals surface area contributed by atoms with Crippen LogP contribution in [0.5, 0.6) is 0 Å². The number of aromatic nitrogens is 1. The van der Waals surface area contributed by atoms with E-state index < -0.39 is 18.1 Å². The van der Waals surface area contributed by atoms with Gasteiger partial charge >= 0.3 is 12.1 Å². The number of nitrogens with one attached hydrogen (secondary N) is 1. The Morgan fingerprint density at radius 2 is 1.86 bits per heavy atom. The van der Waals surface area contributed by atoms with E-state index in [1.807, 2.05) is 25.1 Å². The van der Waals surface area contributed by atoms with E-state index in [0.29, 0.717) is 35.3 Å². The lowest BCUT2D eigenvalue weighted by Crippen LogP contribution is -2.41. The number of hydrogen-bond donors (Lipinski definition) is 2. The van der Waals surface area contributed by atoms with Crippen LogP contribution in [0.2, 0.25) is 0 Å². The Hall–Kier alpha value is -4.16. The number of carbonyl (C=O) groups is 3. The van der Waals surface area contributed by atoms with Crippen LogP contribution in [0.25, 0.3) is 10.8 Å². The molecule has 3 amide bonds. The van der Waals surface area contributed by atoms with Crippen molar-refractivity contribution in [2.75, 3.05) is 13.1 Å². The van der Waals surface area contributed by atoms with Gasteiger partial charge in [0.05, 0.1) is 24.2 Å². The van der Waals surface area contributed by atoms with Crippen molar-refractivity contribution in [3.8, 4) is 18.4 Å². The molecule has 2 aromatic rings. The molecule has 2 heterocycles. The first kappa shape index (κ1) is 34.3. The molecular formula is C32H38F3N5O4. The van der Waals surface area contributed by atoms with Gasteiger partial charge in [-0.1, -0.05) is 31.9 Å². The third-order valence-corrected chi connectivity index (χ3v) is 8.76. The smallest absolute Gasteiger partial charge is 0.372 e. The summed E-state index contributed by atoms with van der Waals surface area (Å²) in [5, 5.41) is 13.1. The molecule has 2 aliphatic carbocycles. The maximum Gasteiger partial charge on any atom is 0.470 e. The maximum atomic E-state index is 12.3. The highest BCUT2D eigenvalue weighted by Crippen LogP contribution is 2.62. The van der Waals surface area contributed by atoms with Crippen LogP contribution in [-0.2, 0) is 19.1 Å². The first-order valence-corrected chi connectivity index (χ1v) is 14.3. The fourth-order valence-corrected chi connectivity index (χ4v) is 5.90. The van der Waals surface area contributed by atoms with Crippen molar-refractivity contribution in [3.05, 3.63) is 41.7 Å². The van der Waals surface area contributed by atoms with Crippen molar-refractivity contribution < 1.29 is 32.3 Å². The molecule has 12 heteroatoms. The first-order chi connectivity index (χ1) is 20.6. The highest BCUT2D eigenvalue weighted by atomic mass is 19.4. The number of primary amides is 1. The Kier molecular flexibility index (Phi) is 10.6. The number of alkyl halides is 3. The van der Waals surface area contributed by atoms with E-state index in [9.17, 15) is 22.8 Å². The molecule has 3 aliphatic rings. The van der Waals surface area contributed by atoms with Crippen LogP contribution in [0.4, 0.5) is 13.2 Å². The molecular weight excluding hydrogens is 575 g/mol. The average Bonchev–Trinajstić information content (AvgIpc) is 3.26. The topological polar surface area (TPSA) is 138 Å². The van der Waals surface area contributed by atoms with E-state index in [-0.39, 0.29) is 11.7 Å². The lowest BCUT2D eigenvalue weighted by atomic mass is 9.81. The fourth-order valence-electron chi connectivity index (χ4n) is 5.90. The van der Waals surface area contributed by atoms with E-state index in [4.69, 9.17) is 21.2 Å². The quantitative estimate of drug-likeness (QED) is 0.351. The molecule has 1 aromatic heterocycles. The molecule has 2 saturated carbocycles. The second-order valence-electron chi connectivity index (χ2n) is 12.3. The minimum atomic E-state index is -4.86. The lowest BCUT2D eigenvalue weighted by Gasteiger charge is -2.40. The van der Waals surface area contributed by atoms with Crippen molar-refractivity contribution in [1.29, 1.82) is 5.26 Å². The number of nitriles is 1. The molecule has 9 nitrogen and oxygen atoms in total. The molecule has 1 saturated heterocycles. The van der Waals surface area contributed by atoms with Crippen LogP contribution in [0.15, 0.2) is 30.6 Å². The zero-order valence-corrected chi connectivity index (χ0v) is 25.3. The summed E-state index contributed by atoms with van der Waals surface area (Å²) >= 11 is 0. The maximum absolute atomic E-state index is 12.3. The molecule has 3 unspecified atom stereocenters. The van der Waals surface area contributed by atoms with Gasteiger partial charge in [0.2, 0.25) is 12.3 Å². The molecule has 44 heavy (non-hydrogen) atoms. The highest BCUT2D eigenvalue weighted by Gasteiger charge is 2.62. The Morgan fingerprint density at radius 3 is 2.34 bits per heavy atom. The Balaban J connectivity index is 0.000000199. The summed E-state index contributed by atoms with van der Waals surface area (Å²) in [6.07, 6.45) is 8.48. The number of pyridine rings is 1. The van der Waals surface area contributed by atoms with Gasteiger partial charge in [-0.25, -0.2) is 0 Å². The minimum Gasteiger partial charge on any atom is -0.372 e. The van der Waals surface area contributed by atoms with Crippen molar-refractivity contribution in [1.82, 2.24) is 15.2 Å². The average molecular weight is 614 g/mol. The lowest BCUT2D eigenvalue weighted by molar-refractivity contribution is -0.169. The predicted molar refractivity (Wildman–Crippen MR) is 157 cm³/mol. The first-order valence-electron chi connectivity index (χ1n) is 14.3. The van der Waals surface area contributed by atoms with Gasteiger partial charge in [0, 0.05) is 47.4 Å². The summed E-state index contributed by atoms with van der Waals surface area (Å²) in [5.74, 6) is 2.11. The largest absolute Gasteiger partial charge is 0.470 e. The van der Waals surface area contributed by atoms with Crippen LogP contribution in [0, 0.1) is 40.9 Å². The molecule has 0 bridgehead atoms. The summed E-state index contributed by atoms with van der Waals surface area (Å²) in [6, 6.07) is 6.74. The molecule has 1 aliphatic heterocycles. The zero-order chi connectivity index (χ0) is 32.9. The number of fused-ring (bicyclic) bond motifs is 2. The zero-order valence-electron chi connectivity index (χ0n) is 25.3. The van der Waals surface area contributed by atoms with Crippen molar-refractivity contribution in [2.45, 2.75) is 77.3 Å². The van der Waals surface area contributed by atoms with E-state index in [1.54, 1.807) is 18.5 Å². The number of hydrogen-bond acceptors (Lipinski definition) is 6. The molecule has 0 radical (unpaired) electrons. The minimum absolute atomic E-state index is 0.0504. The summed E-state index contributed by atoms with van der Waals surface area (Å²) in [7, 11) is 0. The number of carbonyl (C=O) groups excluding carboxylic acids is 3. The van der Waals surface area contributed by atoms with Gasteiger partial charge in [0.25, 0.3) is 0 Å². The predicted octanol–water partition coefficient (Wildman–Crippen LogP) is 4.40. The Labute approximate surface area is 255 Å². The standard InChI is InChI=1S/C16H27NO2.C14H9N3O.C2H2F3NO/c1-11(19-16(4)6-5-7-16)8-14(18)17-9-12-13(10-17)15(12,2)3;1-2-10-4-3-5-11-7-16-8-12(14(10)11)13(6-15)17-9-18;3-2(4,5)1(6)7/h11-13H,5-10H2,1-4H3;1,3-5,7-9,13H,(H,17,18);(H2,6,7)/t11-,12?,13?;;/m1../s1. The van der Waals surface area contributed by atoms with E-state index in [1.165, 1.54) is 6.42 Å². The SMILES string of the molecule is C#Cc1cccc2cncc(C(C#N)NC=O)c12.C[C@H](CC(=O)N1CC2C(C1)C2(C)C)OC1(C)CCC1.NC(=O)C(F)(F)F. The van der Waals surface area contributed by atoms with Gasteiger partial charge in [-0.15, -0.1) is 6.42 Å². The summed E-state index contributed by atoms with van der Waals surface area (Å²) in [6.45, 7) is 10.8. The van der Waals surface area contributed by atoms with Gasteiger partial charge in [0.15, 0.2) is 0 Å². The molecule has 4 atom stereocenters. The van der Waals surface area contributed by atoms with Gasteiger partial charge in [-0.05, 0) is 56.4 Å². The normalized spacial score (nSPS) is 21.7. The Morgan fingerprint density at radius 1 is 1.25 bits per heavy atom. The summed E-state index contributed by atoms with van der Waals surface area (Å²) in [4.78, 5) is 38.0. The number of nitrogens with zero attached hydrogens (tertiary/aromatic N) is 3. The number of piperidine rings is 1.